The average Bonchev–Trinajstić information content (AvgIpc) is 2.25. The maximum absolute atomic E-state index is 11.6. The zero-order chi connectivity index (χ0) is 13.8. The molecular formula is C10H12ClN3O4. The van der Waals surface area contributed by atoms with Gasteiger partial charge in [0.15, 0.2) is 10.8 Å². The molecule has 3 N–H and O–H groups in total. The van der Waals surface area contributed by atoms with Crippen LogP contribution in [0.25, 0.3) is 0 Å². The van der Waals surface area contributed by atoms with E-state index in [1.165, 1.54) is 19.1 Å². The second-order valence-corrected chi connectivity index (χ2v) is 4.38. The maximum atomic E-state index is 11.6. The number of nitrogens with one attached hydrogen (secondary N) is 1. The van der Waals surface area contributed by atoms with Crippen molar-refractivity contribution in [2.45, 2.75) is 18.9 Å². The number of hydrogen-bond acceptors (Lipinski definition) is 5. The number of nitrogens with zero attached hydrogens (tertiary/aromatic N) is 2. The van der Waals surface area contributed by atoms with Gasteiger partial charge in [-0.2, -0.15) is 0 Å². The first kappa shape index (κ1) is 14.3. The van der Waals surface area contributed by atoms with Gasteiger partial charge in [0, 0.05) is 6.54 Å². The molecule has 1 unspecified atom stereocenters. The molecule has 0 bridgehead atoms. The van der Waals surface area contributed by atoms with Crippen LogP contribution in [0.5, 0.6) is 0 Å². The third-order valence-corrected chi connectivity index (χ3v) is 2.23. The number of rotatable bonds is 5. The molecule has 0 saturated carbocycles. The van der Waals surface area contributed by atoms with Crippen LogP contribution in [0.4, 0.5) is 0 Å². The number of amides is 1. The SMILES string of the molecule is CC(O)(CNC(=O)c1ccc(Cl)nn1)CC(=O)O. The lowest BCUT2D eigenvalue weighted by atomic mass is 10.0. The second kappa shape index (κ2) is 5.74. The number of aliphatic hydroxyl groups is 1. The Morgan fingerprint density at radius 3 is 2.61 bits per heavy atom. The third kappa shape index (κ3) is 4.64. The molecule has 0 fully saturated rings. The molecule has 0 aliphatic heterocycles. The van der Waals surface area contributed by atoms with Crippen LogP contribution >= 0.6 is 11.6 Å². The van der Waals surface area contributed by atoms with Crippen LogP contribution in [-0.4, -0.2) is 44.4 Å². The normalized spacial score (nSPS) is 13.7. The molecule has 0 radical (unpaired) electrons. The molecule has 8 heteroatoms. The molecular weight excluding hydrogens is 262 g/mol. The fourth-order valence-corrected chi connectivity index (χ4v) is 1.29. The first-order chi connectivity index (χ1) is 8.30. The molecule has 0 spiro atoms. The number of aromatic nitrogens is 2. The highest BCUT2D eigenvalue weighted by atomic mass is 35.5. The van der Waals surface area contributed by atoms with E-state index in [1.807, 2.05) is 0 Å². The highest BCUT2D eigenvalue weighted by molar-refractivity contribution is 6.29. The number of carbonyl (C=O) groups excluding carboxylic acids is 1. The van der Waals surface area contributed by atoms with Gasteiger partial charge in [-0.15, -0.1) is 10.2 Å². The topological polar surface area (TPSA) is 112 Å². The van der Waals surface area contributed by atoms with E-state index in [1.54, 1.807) is 0 Å². The summed E-state index contributed by atoms with van der Waals surface area (Å²) < 4.78 is 0. The van der Waals surface area contributed by atoms with Gasteiger partial charge in [0.25, 0.3) is 5.91 Å². The lowest BCUT2D eigenvalue weighted by molar-refractivity contribution is -0.141. The molecule has 0 saturated heterocycles. The number of hydrogen-bond donors (Lipinski definition) is 3. The molecule has 1 aromatic rings. The molecule has 1 atom stereocenters. The van der Waals surface area contributed by atoms with Crippen molar-refractivity contribution in [2.75, 3.05) is 6.54 Å². The van der Waals surface area contributed by atoms with Crippen LogP contribution in [0.1, 0.15) is 23.8 Å². The van der Waals surface area contributed by atoms with Crippen molar-refractivity contribution >= 4 is 23.5 Å². The van der Waals surface area contributed by atoms with Gasteiger partial charge in [-0.25, -0.2) is 0 Å². The highest BCUT2D eigenvalue weighted by Crippen LogP contribution is 2.08. The molecule has 98 valence electrons. The van der Waals surface area contributed by atoms with E-state index >= 15 is 0 Å². The van der Waals surface area contributed by atoms with E-state index in [9.17, 15) is 14.7 Å². The van der Waals surface area contributed by atoms with Crippen LogP contribution in [-0.2, 0) is 4.79 Å². The Labute approximate surface area is 108 Å². The Balaban J connectivity index is 2.55. The summed E-state index contributed by atoms with van der Waals surface area (Å²) in [5.74, 6) is -1.72. The van der Waals surface area contributed by atoms with Crippen molar-refractivity contribution in [1.29, 1.82) is 0 Å². The van der Waals surface area contributed by atoms with Gasteiger partial charge < -0.3 is 15.5 Å². The monoisotopic (exact) mass is 273 g/mol. The van der Waals surface area contributed by atoms with Gasteiger partial charge in [0.1, 0.15) is 0 Å². The molecule has 18 heavy (non-hydrogen) atoms. The zero-order valence-electron chi connectivity index (χ0n) is 9.55. The largest absolute Gasteiger partial charge is 0.481 e. The van der Waals surface area contributed by atoms with Gasteiger partial charge in [-0.1, -0.05) is 11.6 Å². The van der Waals surface area contributed by atoms with Crippen LogP contribution in [0.3, 0.4) is 0 Å². The number of halogens is 1. The Kier molecular flexibility index (Phi) is 4.57. The Morgan fingerprint density at radius 1 is 1.44 bits per heavy atom. The fourth-order valence-electron chi connectivity index (χ4n) is 1.19. The predicted octanol–water partition coefficient (Wildman–Crippen LogP) is 0.0855. The molecule has 1 amide bonds. The summed E-state index contributed by atoms with van der Waals surface area (Å²) in [5.41, 5.74) is -1.49. The van der Waals surface area contributed by atoms with Gasteiger partial charge in [-0.05, 0) is 19.1 Å². The lowest BCUT2D eigenvalue weighted by Crippen LogP contribution is -2.42. The quantitative estimate of drug-likeness (QED) is 0.701. The average molecular weight is 274 g/mol. The fraction of sp³-hybridized carbons (Fsp3) is 0.400. The Bertz CT molecular complexity index is 447. The summed E-state index contributed by atoms with van der Waals surface area (Å²) in [6.45, 7) is 1.11. The van der Waals surface area contributed by atoms with Gasteiger partial charge in [0.05, 0.1) is 12.0 Å². The molecule has 0 aliphatic carbocycles. The maximum Gasteiger partial charge on any atom is 0.306 e. The molecule has 0 aliphatic rings. The summed E-state index contributed by atoms with van der Waals surface area (Å²) in [6, 6.07) is 2.77. The van der Waals surface area contributed by atoms with Crippen molar-refractivity contribution in [3.05, 3.63) is 23.0 Å². The minimum atomic E-state index is -1.53. The van der Waals surface area contributed by atoms with Crippen molar-refractivity contribution in [3.63, 3.8) is 0 Å². The second-order valence-electron chi connectivity index (χ2n) is 3.99. The smallest absolute Gasteiger partial charge is 0.306 e. The first-order valence-electron chi connectivity index (χ1n) is 5.02. The summed E-state index contributed by atoms with van der Waals surface area (Å²) in [5, 5.41) is 27.8. The van der Waals surface area contributed by atoms with E-state index in [0.717, 1.165) is 0 Å². The number of aliphatic carboxylic acids is 1. The summed E-state index contributed by atoms with van der Waals surface area (Å²) in [6.07, 6.45) is -0.473. The molecule has 1 aromatic heterocycles. The van der Waals surface area contributed by atoms with E-state index in [4.69, 9.17) is 16.7 Å². The van der Waals surface area contributed by atoms with Crippen LogP contribution in [0, 0.1) is 0 Å². The van der Waals surface area contributed by atoms with E-state index in [2.05, 4.69) is 15.5 Å². The predicted molar refractivity (Wildman–Crippen MR) is 62.3 cm³/mol. The number of carbonyl (C=O) groups is 2. The molecule has 1 rings (SSSR count). The third-order valence-electron chi connectivity index (χ3n) is 2.03. The van der Waals surface area contributed by atoms with Crippen LogP contribution in [0.15, 0.2) is 12.1 Å². The minimum absolute atomic E-state index is 0.0329. The van der Waals surface area contributed by atoms with Crippen molar-refractivity contribution < 1.29 is 19.8 Å². The minimum Gasteiger partial charge on any atom is -0.481 e. The van der Waals surface area contributed by atoms with Gasteiger partial charge >= 0.3 is 5.97 Å². The van der Waals surface area contributed by atoms with Gasteiger partial charge in [-0.3, -0.25) is 9.59 Å². The molecule has 0 aromatic carbocycles. The summed E-state index contributed by atoms with van der Waals surface area (Å²) >= 11 is 5.51. The number of carboxylic acids is 1. The molecule has 1 heterocycles. The van der Waals surface area contributed by atoms with Crippen molar-refractivity contribution in [1.82, 2.24) is 15.5 Å². The van der Waals surface area contributed by atoms with E-state index < -0.39 is 23.9 Å². The van der Waals surface area contributed by atoms with Crippen molar-refractivity contribution in [2.24, 2.45) is 0 Å². The van der Waals surface area contributed by atoms with Gasteiger partial charge in [0.2, 0.25) is 0 Å². The number of carboxylic acid groups (broad SMARTS) is 1. The Hall–Kier alpha value is -1.73. The standard InChI is InChI=1S/C10H12ClN3O4/c1-10(18,4-8(15)16)5-12-9(17)6-2-3-7(11)14-13-6/h2-3,18H,4-5H2,1H3,(H,12,17)(H,15,16). The van der Waals surface area contributed by atoms with E-state index in [-0.39, 0.29) is 17.4 Å². The zero-order valence-corrected chi connectivity index (χ0v) is 10.3. The van der Waals surface area contributed by atoms with E-state index in [0.29, 0.717) is 0 Å². The van der Waals surface area contributed by atoms with Crippen molar-refractivity contribution in [3.8, 4) is 0 Å². The lowest BCUT2D eigenvalue weighted by Gasteiger charge is -2.21. The highest BCUT2D eigenvalue weighted by Gasteiger charge is 2.25. The first-order valence-corrected chi connectivity index (χ1v) is 5.39. The van der Waals surface area contributed by atoms with Crippen LogP contribution < -0.4 is 5.32 Å². The summed E-state index contributed by atoms with van der Waals surface area (Å²) in [4.78, 5) is 22.0. The Morgan fingerprint density at radius 2 is 2.11 bits per heavy atom. The molecule has 7 nitrogen and oxygen atoms in total. The van der Waals surface area contributed by atoms with Crippen LogP contribution in [0.2, 0.25) is 5.15 Å². The summed E-state index contributed by atoms with van der Waals surface area (Å²) in [7, 11) is 0.